The molecule has 0 aromatic rings. The number of oxime groups is 1. The normalized spacial score (nSPS) is 49.8. The van der Waals surface area contributed by atoms with Gasteiger partial charge in [0.15, 0.2) is 6.29 Å². The molecule has 14 heteroatoms. The maximum atomic E-state index is 14.2. The molecule has 0 bridgehead atoms. The molecule has 1 aliphatic carbocycles. The van der Waals surface area contributed by atoms with Crippen LogP contribution in [-0.2, 0) is 28.5 Å². The Bertz CT molecular complexity index is 1200. The van der Waals surface area contributed by atoms with E-state index in [9.17, 15) is 35.5 Å². The van der Waals surface area contributed by atoms with Crippen molar-refractivity contribution in [1.82, 2.24) is 4.90 Å². The van der Waals surface area contributed by atoms with Crippen LogP contribution in [0, 0.1) is 29.6 Å². The summed E-state index contributed by atoms with van der Waals surface area (Å²) in [6.07, 6.45) is -7.02. The van der Waals surface area contributed by atoms with Crippen molar-refractivity contribution < 1.29 is 59.2 Å². The van der Waals surface area contributed by atoms with Gasteiger partial charge in [0.05, 0.1) is 59.5 Å². The van der Waals surface area contributed by atoms with Crippen molar-refractivity contribution in [2.24, 2.45) is 34.7 Å². The van der Waals surface area contributed by atoms with Crippen LogP contribution in [0.25, 0.3) is 0 Å². The summed E-state index contributed by atoms with van der Waals surface area (Å²) in [7, 11) is 5.27. The molecular formula is C38H70N2O12. The van der Waals surface area contributed by atoms with Crippen LogP contribution < -0.4 is 0 Å². The molecule has 3 rings (SSSR count). The van der Waals surface area contributed by atoms with Crippen LogP contribution in [0.3, 0.4) is 0 Å². The molecule has 0 aromatic heterocycles. The monoisotopic (exact) mass is 746 g/mol. The molecule has 3 aliphatic rings. The van der Waals surface area contributed by atoms with Crippen LogP contribution in [0.5, 0.6) is 0 Å². The van der Waals surface area contributed by atoms with Crippen molar-refractivity contribution >= 4 is 11.7 Å². The highest BCUT2D eigenvalue weighted by Crippen LogP contribution is 2.42. The largest absolute Gasteiger partial charge is 0.459 e. The second kappa shape index (κ2) is 17.6. The topological polar surface area (TPSA) is 200 Å². The summed E-state index contributed by atoms with van der Waals surface area (Å²) in [6.45, 7) is 17.2. The Labute approximate surface area is 310 Å². The summed E-state index contributed by atoms with van der Waals surface area (Å²) in [5.74, 6) is -4.19. The molecule has 6 N–H and O–H groups in total. The third kappa shape index (κ3) is 9.49. The number of ether oxygens (including phenoxy) is 5. The first-order chi connectivity index (χ1) is 24.0. The van der Waals surface area contributed by atoms with Gasteiger partial charge < -0.3 is 59.3 Å². The SMILES string of the molecule is CC[C@@H]1OC(=O)[C@H](C)[C@H](O[C@@H]2C[C@@H](C)[C@H](O)[C@](C)(OC)C2)[C@H](C)[C@@H](O[C@@H]2O[C@H](C)C[C@H](N(C)C)[C@H]2O)[C@](C)(O)C[C@@H](C)/C(=N\O)[C@@H](C)[C@@H](O)[C@]1(C)O. The molecule has 2 heterocycles. The molecule has 52 heavy (non-hydrogen) atoms. The van der Waals surface area contributed by atoms with Crippen LogP contribution >= 0.6 is 0 Å². The Morgan fingerprint density at radius 2 is 1.54 bits per heavy atom. The lowest BCUT2D eigenvalue weighted by Gasteiger charge is -2.49. The van der Waals surface area contributed by atoms with Crippen molar-refractivity contribution in [2.45, 2.75) is 179 Å². The standard InChI is InChI=1S/C38H70N2O12/c1-14-27-38(10,46)32(43)22(5)28(39-47)20(3)17-36(8,45)33(52-35-29(41)26(40(11)12)16-21(4)49-35)23(6)30(24(7)34(44)51-27)50-25-15-19(2)31(42)37(9,18-25)48-13/h19-27,29-33,35,41-43,45-47H,14-18H2,1-13H3/b39-28+/t19-,20-,21-,22-,23+,24-,25-,26+,27+,29-,30-,31+,32-,33-,35+,36-,37-,38-/m1/s1. The number of hydrogen-bond acceptors (Lipinski definition) is 14. The van der Waals surface area contributed by atoms with Gasteiger partial charge in [0.1, 0.15) is 17.8 Å². The van der Waals surface area contributed by atoms with Crippen LogP contribution in [0.4, 0.5) is 0 Å². The molecule has 304 valence electrons. The lowest BCUT2D eigenvalue weighted by atomic mass is 9.73. The minimum absolute atomic E-state index is 0.0345. The third-order valence-corrected chi connectivity index (χ3v) is 12.4. The van der Waals surface area contributed by atoms with Crippen molar-refractivity contribution in [3.05, 3.63) is 0 Å². The number of cyclic esters (lactones) is 1. The molecule has 2 saturated heterocycles. The summed E-state index contributed by atoms with van der Waals surface area (Å²) in [5, 5.41) is 72.0. The van der Waals surface area contributed by atoms with Crippen LogP contribution in [0.15, 0.2) is 5.16 Å². The van der Waals surface area contributed by atoms with Crippen molar-refractivity contribution in [1.29, 1.82) is 0 Å². The van der Waals surface area contributed by atoms with E-state index >= 15 is 0 Å². The summed E-state index contributed by atoms with van der Waals surface area (Å²) in [6, 6.07) is -0.302. The van der Waals surface area contributed by atoms with E-state index in [1.54, 1.807) is 34.6 Å². The number of methoxy groups -OCH3 is 1. The van der Waals surface area contributed by atoms with Gasteiger partial charge in [0, 0.05) is 37.3 Å². The molecule has 0 amide bonds. The van der Waals surface area contributed by atoms with E-state index in [-0.39, 0.29) is 36.6 Å². The molecule has 0 unspecified atom stereocenters. The molecule has 0 aromatic carbocycles. The van der Waals surface area contributed by atoms with E-state index in [2.05, 4.69) is 5.16 Å². The number of carbonyl (C=O) groups is 1. The van der Waals surface area contributed by atoms with Gasteiger partial charge in [0.25, 0.3) is 0 Å². The fraction of sp³-hybridized carbons (Fsp3) is 0.947. The van der Waals surface area contributed by atoms with Gasteiger partial charge in [-0.25, -0.2) is 0 Å². The van der Waals surface area contributed by atoms with Gasteiger partial charge in [0.2, 0.25) is 0 Å². The predicted molar refractivity (Wildman–Crippen MR) is 194 cm³/mol. The van der Waals surface area contributed by atoms with Gasteiger partial charge in [-0.3, -0.25) is 4.79 Å². The molecule has 1 saturated carbocycles. The fourth-order valence-corrected chi connectivity index (χ4v) is 9.17. The number of esters is 1. The van der Waals surface area contributed by atoms with Crippen molar-refractivity contribution in [2.75, 3.05) is 21.2 Å². The van der Waals surface area contributed by atoms with E-state index in [0.717, 1.165) is 0 Å². The average molecular weight is 747 g/mol. The highest BCUT2D eigenvalue weighted by atomic mass is 16.7. The Balaban J connectivity index is 2.21. The van der Waals surface area contributed by atoms with E-state index in [1.807, 2.05) is 46.7 Å². The summed E-state index contributed by atoms with van der Waals surface area (Å²) < 4.78 is 31.5. The zero-order valence-electron chi connectivity index (χ0n) is 33.7. The highest BCUT2D eigenvalue weighted by molar-refractivity contribution is 5.88. The Kier molecular flexibility index (Phi) is 15.2. The second-order valence-electron chi connectivity index (χ2n) is 17.2. The zero-order valence-corrected chi connectivity index (χ0v) is 33.7. The van der Waals surface area contributed by atoms with Gasteiger partial charge >= 0.3 is 5.97 Å². The Morgan fingerprint density at radius 1 is 0.923 bits per heavy atom. The summed E-state index contributed by atoms with van der Waals surface area (Å²) >= 11 is 0. The first-order valence-corrected chi connectivity index (χ1v) is 19.1. The molecule has 14 nitrogen and oxygen atoms in total. The third-order valence-electron chi connectivity index (χ3n) is 12.4. The van der Waals surface area contributed by atoms with Gasteiger partial charge in [-0.05, 0) is 80.3 Å². The quantitative estimate of drug-likeness (QED) is 0.126. The predicted octanol–water partition coefficient (Wildman–Crippen LogP) is 2.71. The maximum Gasteiger partial charge on any atom is 0.311 e. The van der Waals surface area contributed by atoms with Crippen LogP contribution in [0.1, 0.15) is 101 Å². The molecule has 0 radical (unpaired) electrons. The summed E-state index contributed by atoms with van der Waals surface area (Å²) in [5.41, 5.74) is -4.47. The second-order valence-corrected chi connectivity index (χ2v) is 17.2. The average Bonchev–Trinajstić information content (AvgIpc) is 3.06. The Hall–Kier alpha value is -1.46. The number of nitrogens with zero attached hydrogens (tertiary/aromatic N) is 2. The number of aliphatic hydroxyl groups excluding tert-OH is 3. The van der Waals surface area contributed by atoms with Crippen molar-refractivity contribution in [3.8, 4) is 0 Å². The van der Waals surface area contributed by atoms with Gasteiger partial charge in [-0.2, -0.15) is 0 Å². The van der Waals surface area contributed by atoms with Gasteiger partial charge in [-0.15, -0.1) is 0 Å². The van der Waals surface area contributed by atoms with E-state index < -0.39 is 95.5 Å². The number of rotatable bonds is 7. The van der Waals surface area contributed by atoms with Crippen LogP contribution in [0.2, 0.25) is 0 Å². The number of carbonyl (C=O) groups excluding carboxylic acids is 1. The molecular weight excluding hydrogens is 676 g/mol. The van der Waals surface area contributed by atoms with Crippen LogP contribution in [-0.4, -0.2) is 146 Å². The lowest BCUT2D eigenvalue weighted by molar-refractivity contribution is -0.301. The number of hydrogen-bond donors (Lipinski definition) is 6. The zero-order chi connectivity index (χ0) is 39.7. The number of likely N-dealkylation sites (N-methyl/N-ethyl adjacent to an activating group) is 1. The minimum Gasteiger partial charge on any atom is -0.459 e. The molecule has 0 spiro atoms. The smallest absolute Gasteiger partial charge is 0.311 e. The Morgan fingerprint density at radius 3 is 2.08 bits per heavy atom. The van der Waals surface area contributed by atoms with E-state index in [1.165, 1.54) is 14.0 Å². The minimum atomic E-state index is -1.94. The van der Waals surface area contributed by atoms with E-state index in [4.69, 9.17) is 23.7 Å². The number of aliphatic hydroxyl groups is 5. The fourth-order valence-electron chi connectivity index (χ4n) is 9.17. The lowest BCUT2D eigenvalue weighted by Crippen LogP contribution is -2.60. The maximum absolute atomic E-state index is 14.2. The summed E-state index contributed by atoms with van der Waals surface area (Å²) in [4.78, 5) is 16.1. The first kappa shape index (κ1) is 44.9. The molecule has 2 aliphatic heterocycles. The highest BCUT2D eigenvalue weighted by Gasteiger charge is 2.53. The van der Waals surface area contributed by atoms with Gasteiger partial charge in [-0.1, -0.05) is 39.8 Å². The van der Waals surface area contributed by atoms with Crippen molar-refractivity contribution in [3.63, 3.8) is 0 Å². The molecule has 18 atom stereocenters. The first-order valence-electron chi connectivity index (χ1n) is 19.1. The molecule has 3 fully saturated rings. The van der Waals surface area contributed by atoms with E-state index in [0.29, 0.717) is 19.3 Å².